The van der Waals surface area contributed by atoms with Gasteiger partial charge in [0.05, 0.1) is 6.54 Å². The third-order valence-corrected chi connectivity index (χ3v) is 2.17. The Hall–Kier alpha value is -1.85. The molecule has 17 heavy (non-hydrogen) atoms. The minimum atomic E-state index is -0.435. The van der Waals surface area contributed by atoms with Crippen LogP contribution >= 0.6 is 0 Å². The summed E-state index contributed by atoms with van der Waals surface area (Å²) >= 11 is 0. The maximum atomic E-state index is 11.2. The molecule has 92 valence electrons. The van der Waals surface area contributed by atoms with Crippen LogP contribution in [-0.4, -0.2) is 23.9 Å². The van der Waals surface area contributed by atoms with Gasteiger partial charge in [-0.3, -0.25) is 15.1 Å². The van der Waals surface area contributed by atoms with E-state index in [1.807, 2.05) is 5.43 Å². The number of furan rings is 1. The van der Waals surface area contributed by atoms with E-state index in [0.29, 0.717) is 12.3 Å². The van der Waals surface area contributed by atoms with Gasteiger partial charge in [-0.25, -0.2) is 5.84 Å². The van der Waals surface area contributed by atoms with Crippen molar-refractivity contribution in [3.05, 3.63) is 49.0 Å². The van der Waals surface area contributed by atoms with Crippen molar-refractivity contribution in [1.29, 1.82) is 0 Å². The molecule has 0 spiro atoms. The van der Waals surface area contributed by atoms with Crippen molar-refractivity contribution in [2.75, 3.05) is 13.1 Å². The van der Waals surface area contributed by atoms with Gasteiger partial charge in [-0.1, -0.05) is 12.2 Å². The largest absolute Gasteiger partial charge is 0.455 e. The average molecular weight is 235 g/mol. The van der Waals surface area contributed by atoms with Gasteiger partial charge in [-0.2, -0.15) is 0 Å². The number of amides is 1. The SMILES string of the molecule is C=CCN(CC=C)Cc1ccc(C(=O)NN)o1. The van der Waals surface area contributed by atoms with Crippen LogP contribution < -0.4 is 11.3 Å². The van der Waals surface area contributed by atoms with Gasteiger partial charge in [-0.15, -0.1) is 13.2 Å². The molecule has 0 radical (unpaired) electrons. The van der Waals surface area contributed by atoms with Gasteiger partial charge in [0.25, 0.3) is 0 Å². The summed E-state index contributed by atoms with van der Waals surface area (Å²) in [6.45, 7) is 9.42. The molecule has 5 heteroatoms. The summed E-state index contributed by atoms with van der Waals surface area (Å²) in [5.41, 5.74) is 2.02. The standard InChI is InChI=1S/C12H17N3O2/c1-3-7-15(8-4-2)9-10-5-6-11(17-10)12(16)14-13/h3-6H,1-2,7-9,13H2,(H,14,16). The van der Waals surface area contributed by atoms with E-state index in [4.69, 9.17) is 10.3 Å². The van der Waals surface area contributed by atoms with Crippen molar-refractivity contribution >= 4 is 5.91 Å². The van der Waals surface area contributed by atoms with E-state index in [1.54, 1.807) is 24.3 Å². The maximum absolute atomic E-state index is 11.2. The normalized spacial score (nSPS) is 10.2. The first-order chi connectivity index (χ1) is 8.21. The molecule has 5 nitrogen and oxygen atoms in total. The number of nitrogens with two attached hydrogens (primary N) is 1. The van der Waals surface area contributed by atoms with Gasteiger partial charge in [0.15, 0.2) is 5.76 Å². The van der Waals surface area contributed by atoms with Gasteiger partial charge in [0.1, 0.15) is 5.76 Å². The first-order valence-corrected chi connectivity index (χ1v) is 5.25. The molecule has 1 amide bonds. The second-order valence-corrected chi connectivity index (χ2v) is 3.51. The highest BCUT2D eigenvalue weighted by atomic mass is 16.4. The lowest BCUT2D eigenvalue weighted by molar-refractivity contribution is 0.0922. The molecule has 1 heterocycles. The smallest absolute Gasteiger partial charge is 0.300 e. The molecule has 0 atom stereocenters. The van der Waals surface area contributed by atoms with E-state index in [1.165, 1.54) is 0 Å². The molecular formula is C12H17N3O2. The van der Waals surface area contributed by atoms with Crippen LogP contribution in [0.25, 0.3) is 0 Å². The number of hydrogen-bond donors (Lipinski definition) is 2. The Morgan fingerprint density at radius 3 is 2.59 bits per heavy atom. The highest BCUT2D eigenvalue weighted by Crippen LogP contribution is 2.10. The summed E-state index contributed by atoms with van der Waals surface area (Å²) < 4.78 is 5.36. The Balaban J connectivity index is 2.66. The predicted molar refractivity (Wildman–Crippen MR) is 66.0 cm³/mol. The van der Waals surface area contributed by atoms with E-state index >= 15 is 0 Å². The molecule has 0 fully saturated rings. The molecule has 1 aromatic rings. The van der Waals surface area contributed by atoms with Gasteiger partial charge >= 0.3 is 5.91 Å². The van der Waals surface area contributed by atoms with E-state index < -0.39 is 5.91 Å². The van der Waals surface area contributed by atoms with Crippen molar-refractivity contribution < 1.29 is 9.21 Å². The summed E-state index contributed by atoms with van der Waals surface area (Å²) in [6, 6.07) is 3.35. The fourth-order valence-electron chi connectivity index (χ4n) is 1.45. The number of carbonyl (C=O) groups excluding carboxylic acids is 1. The number of hydrazine groups is 1. The van der Waals surface area contributed by atoms with E-state index in [-0.39, 0.29) is 5.76 Å². The molecule has 0 unspecified atom stereocenters. The van der Waals surface area contributed by atoms with Crippen LogP contribution in [0.4, 0.5) is 0 Å². The minimum absolute atomic E-state index is 0.208. The number of hydrogen-bond acceptors (Lipinski definition) is 4. The Kier molecular flexibility index (Phi) is 5.19. The lowest BCUT2D eigenvalue weighted by Crippen LogP contribution is -2.29. The van der Waals surface area contributed by atoms with Crippen molar-refractivity contribution in [3.8, 4) is 0 Å². The second kappa shape index (κ2) is 6.67. The van der Waals surface area contributed by atoms with Crippen LogP contribution in [0.5, 0.6) is 0 Å². The van der Waals surface area contributed by atoms with E-state index in [9.17, 15) is 4.79 Å². The molecule has 1 aromatic heterocycles. The molecule has 0 bridgehead atoms. The molecule has 0 saturated carbocycles. The predicted octanol–water partition coefficient (Wildman–Crippen LogP) is 1.06. The lowest BCUT2D eigenvalue weighted by atomic mass is 10.3. The highest BCUT2D eigenvalue weighted by molar-refractivity contribution is 5.90. The minimum Gasteiger partial charge on any atom is -0.455 e. The van der Waals surface area contributed by atoms with Gasteiger partial charge in [-0.05, 0) is 12.1 Å². The Labute approximate surface area is 101 Å². The first-order valence-electron chi connectivity index (χ1n) is 5.25. The molecule has 0 saturated heterocycles. The summed E-state index contributed by atoms with van der Waals surface area (Å²) in [6.07, 6.45) is 3.61. The number of nitrogens with one attached hydrogen (secondary N) is 1. The number of rotatable bonds is 7. The molecule has 3 N–H and O–H groups in total. The van der Waals surface area contributed by atoms with E-state index in [0.717, 1.165) is 13.1 Å². The van der Waals surface area contributed by atoms with Crippen molar-refractivity contribution in [2.45, 2.75) is 6.54 Å². The Bertz CT molecular complexity index is 388. The number of nitrogens with zero attached hydrogens (tertiary/aromatic N) is 1. The zero-order valence-electron chi connectivity index (χ0n) is 9.69. The van der Waals surface area contributed by atoms with E-state index in [2.05, 4.69) is 18.1 Å². The van der Waals surface area contributed by atoms with Crippen LogP contribution in [-0.2, 0) is 6.54 Å². The Morgan fingerprint density at radius 1 is 1.41 bits per heavy atom. The number of nitrogen functional groups attached to an aromatic ring is 1. The molecule has 0 aromatic carbocycles. The fraction of sp³-hybridized carbons (Fsp3) is 0.250. The van der Waals surface area contributed by atoms with Gasteiger partial charge in [0, 0.05) is 13.1 Å². The average Bonchev–Trinajstić information content (AvgIpc) is 2.77. The van der Waals surface area contributed by atoms with Crippen LogP contribution in [0, 0.1) is 0 Å². The van der Waals surface area contributed by atoms with Crippen LogP contribution in [0.3, 0.4) is 0 Å². The monoisotopic (exact) mass is 235 g/mol. The topological polar surface area (TPSA) is 71.5 Å². The lowest BCUT2D eigenvalue weighted by Gasteiger charge is -2.16. The molecule has 1 rings (SSSR count). The maximum Gasteiger partial charge on any atom is 0.300 e. The van der Waals surface area contributed by atoms with Crippen LogP contribution in [0.15, 0.2) is 41.9 Å². The van der Waals surface area contributed by atoms with Crippen LogP contribution in [0.1, 0.15) is 16.3 Å². The third kappa shape index (κ3) is 3.90. The first kappa shape index (κ1) is 13.2. The quantitative estimate of drug-likeness (QED) is 0.321. The van der Waals surface area contributed by atoms with Gasteiger partial charge in [0.2, 0.25) is 0 Å². The molecule has 0 aliphatic rings. The number of carbonyl (C=O) groups is 1. The summed E-state index contributed by atoms with van der Waals surface area (Å²) in [7, 11) is 0. The summed E-state index contributed by atoms with van der Waals surface area (Å²) in [4.78, 5) is 13.3. The summed E-state index contributed by atoms with van der Waals surface area (Å²) in [5.74, 6) is 5.49. The fourth-order valence-corrected chi connectivity index (χ4v) is 1.45. The molecule has 0 aliphatic carbocycles. The third-order valence-electron chi connectivity index (χ3n) is 2.17. The van der Waals surface area contributed by atoms with Gasteiger partial charge < -0.3 is 4.42 Å². The van der Waals surface area contributed by atoms with Crippen molar-refractivity contribution in [2.24, 2.45) is 5.84 Å². The highest BCUT2D eigenvalue weighted by Gasteiger charge is 2.11. The summed E-state index contributed by atoms with van der Waals surface area (Å²) in [5, 5.41) is 0. The van der Waals surface area contributed by atoms with Crippen LogP contribution in [0.2, 0.25) is 0 Å². The zero-order valence-corrected chi connectivity index (χ0v) is 9.69. The second-order valence-electron chi connectivity index (χ2n) is 3.51. The zero-order chi connectivity index (χ0) is 12.7. The van der Waals surface area contributed by atoms with Crippen molar-refractivity contribution in [1.82, 2.24) is 10.3 Å². The Morgan fingerprint density at radius 2 is 2.06 bits per heavy atom. The van der Waals surface area contributed by atoms with Crippen molar-refractivity contribution in [3.63, 3.8) is 0 Å². The molecular weight excluding hydrogens is 218 g/mol. The molecule has 0 aliphatic heterocycles.